The van der Waals surface area contributed by atoms with E-state index in [-0.39, 0.29) is 0 Å². The van der Waals surface area contributed by atoms with Gasteiger partial charge in [-0.25, -0.2) is 0 Å². The number of aldehydes is 1. The first-order valence-corrected chi connectivity index (χ1v) is 5.87. The summed E-state index contributed by atoms with van der Waals surface area (Å²) in [4.78, 5) is 11.6. The zero-order valence-corrected chi connectivity index (χ0v) is 9.86. The molecule has 0 atom stereocenters. The molecule has 1 nitrogen and oxygen atoms in total. The standard InChI is InChI=1S/C11H13ClOS/c1-8(2)7-14-10-4-3-9(6-13)11(12)5-10/h3-6,8H,7H2,1-2H3. The van der Waals surface area contributed by atoms with Gasteiger partial charge in [-0.2, -0.15) is 0 Å². The molecule has 0 spiro atoms. The van der Waals surface area contributed by atoms with Crippen molar-refractivity contribution in [3.63, 3.8) is 0 Å². The second-order valence-electron chi connectivity index (χ2n) is 3.51. The minimum absolute atomic E-state index is 0.536. The highest BCUT2D eigenvalue weighted by molar-refractivity contribution is 7.99. The van der Waals surface area contributed by atoms with Gasteiger partial charge in [-0.1, -0.05) is 25.4 Å². The van der Waals surface area contributed by atoms with E-state index in [1.54, 1.807) is 17.8 Å². The topological polar surface area (TPSA) is 17.1 Å². The normalized spacial score (nSPS) is 10.6. The molecule has 0 heterocycles. The van der Waals surface area contributed by atoms with Crippen LogP contribution in [-0.2, 0) is 0 Å². The van der Waals surface area contributed by atoms with Crippen LogP contribution in [0.4, 0.5) is 0 Å². The SMILES string of the molecule is CC(C)CSc1ccc(C=O)c(Cl)c1. The average Bonchev–Trinajstić information content (AvgIpc) is 2.15. The molecule has 3 heteroatoms. The predicted molar refractivity (Wildman–Crippen MR) is 62.4 cm³/mol. The minimum atomic E-state index is 0.536. The predicted octanol–water partition coefficient (Wildman–Crippen LogP) is 3.90. The van der Waals surface area contributed by atoms with Gasteiger partial charge in [-0.05, 0) is 24.1 Å². The maximum Gasteiger partial charge on any atom is 0.151 e. The first kappa shape index (κ1) is 11.6. The summed E-state index contributed by atoms with van der Waals surface area (Å²) < 4.78 is 0. The van der Waals surface area contributed by atoms with Crippen LogP contribution in [0, 0.1) is 5.92 Å². The number of benzene rings is 1. The molecule has 0 N–H and O–H groups in total. The summed E-state index contributed by atoms with van der Waals surface area (Å²) >= 11 is 7.66. The Kier molecular flexibility index (Phi) is 4.49. The smallest absolute Gasteiger partial charge is 0.151 e. The van der Waals surface area contributed by atoms with Crippen molar-refractivity contribution in [1.29, 1.82) is 0 Å². The van der Waals surface area contributed by atoms with Crippen LogP contribution in [0.3, 0.4) is 0 Å². The summed E-state index contributed by atoms with van der Waals surface area (Å²) in [6, 6.07) is 5.54. The molecule has 0 aliphatic carbocycles. The van der Waals surface area contributed by atoms with E-state index in [4.69, 9.17) is 11.6 Å². The fourth-order valence-electron chi connectivity index (χ4n) is 0.956. The molecule has 0 aliphatic rings. The Balaban J connectivity index is 2.71. The fourth-order valence-corrected chi connectivity index (χ4v) is 2.14. The molecule has 0 bridgehead atoms. The first-order valence-electron chi connectivity index (χ1n) is 4.51. The van der Waals surface area contributed by atoms with Crippen molar-refractivity contribution in [3.8, 4) is 0 Å². The average molecular weight is 229 g/mol. The zero-order chi connectivity index (χ0) is 10.6. The van der Waals surface area contributed by atoms with E-state index in [9.17, 15) is 4.79 Å². The summed E-state index contributed by atoms with van der Waals surface area (Å²) in [5, 5.41) is 0.536. The van der Waals surface area contributed by atoms with Crippen LogP contribution in [0.25, 0.3) is 0 Å². The largest absolute Gasteiger partial charge is 0.298 e. The van der Waals surface area contributed by atoms with Gasteiger partial charge in [0.2, 0.25) is 0 Å². The first-order chi connectivity index (χ1) is 6.63. The molecule has 76 valence electrons. The molecular formula is C11H13ClOS. The molecule has 0 fully saturated rings. The highest BCUT2D eigenvalue weighted by Crippen LogP contribution is 2.25. The Morgan fingerprint density at radius 3 is 2.71 bits per heavy atom. The van der Waals surface area contributed by atoms with E-state index < -0.39 is 0 Å². The zero-order valence-electron chi connectivity index (χ0n) is 8.29. The Bertz CT molecular complexity index is 323. The highest BCUT2D eigenvalue weighted by Gasteiger charge is 2.02. The lowest BCUT2D eigenvalue weighted by Crippen LogP contribution is -1.90. The van der Waals surface area contributed by atoms with Crippen LogP contribution < -0.4 is 0 Å². The number of hydrogen-bond acceptors (Lipinski definition) is 2. The molecule has 1 aromatic rings. The number of carbonyl (C=O) groups excluding carboxylic acids is 1. The van der Waals surface area contributed by atoms with Crippen molar-refractivity contribution in [2.24, 2.45) is 5.92 Å². The van der Waals surface area contributed by atoms with E-state index >= 15 is 0 Å². The van der Waals surface area contributed by atoms with Gasteiger partial charge in [0.25, 0.3) is 0 Å². The quantitative estimate of drug-likeness (QED) is 0.574. The molecule has 0 radical (unpaired) electrons. The molecule has 0 aromatic heterocycles. The van der Waals surface area contributed by atoms with Gasteiger partial charge in [-0.3, -0.25) is 4.79 Å². The van der Waals surface area contributed by atoms with E-state index in [0.717, 1.165) is 16.9 Å². The maximum atomic E-state index is 10.5. The molecular weight excluding hydrogens is 216 g/mol. The lowest BCUT2D eigenvalue weighted by atomic mass is 10.2. The molecule has 0 saturated carbocycles. The van der Waals surface area contributed by atoms with Gasteiger partial charge in [0.15, 0.2) is 6.29 Å². The van der Waals surface area contributed by atoms with Gasteiger partial charge >= 0.3 is 0 Å². The lowest BCUT2D eigenvalue weighted by Gasteiger charge is -2.05. The summed E-state index contributed by atoms with van der Waals surface area (Å²) in [5.74, 6) is 1.72. The maximum absolute atomic E-state index is 10.5. The van der Waals surface area contributed by atoms with Crippen LogP contribution in [-0.4, -0.2) is 12.0 Å². The summed E-state index contributed by atoms with van der Waals surface area (Å²) in [6.07, 6.45) is 0.777. The molecule has 1 rings (SSSR count). The number of thioether (sulfide) groups is 1. The molecule has 1 aromatic carbocycles. The van der Waals surface area contributed by atoms with Crippen molar-refractivity contribution < 1.29 is 4.79 Å². The van der Waals surface area contributed by atoms with Gasteiger partial charge in [0, 0.05) is 16.2 Å². The van der Waals surface area contributed by atoms with Gasteiger partial charge in [0.1, 0.15) is 0 Å². The molecule has 0 aliphatic heterocycles. The summed E-state index contributed by atoms with van der Waals surface area (Å²) in [5.41, 5.74) is 0.556. The van der Waals surface area contributed by atoms with Gasteiger partial charge < -0.3 is 0 Å². The molecule has 14 heavy (non-hydrogen) atoms. The molecule has 0 amide bonds. The number of carbonyl (C=O) groups is 1. The monoisotopic (exact) mass is 228 g/mol. The van der Waals surface area contributed by atoms with Crippen molar-refractivity contribution >= 4 is 29.6 Å². The van der Waals surface area contributed by atoms with Crippen LogP contribution >= 0.6 is 23.4 Å². The number of rotatable bonds is 4. The van der Waals surface area contributed by atoms with Crippen LogP contribution in [0.15, 0.2) is 23.1 Å². The Morgan fingerprint density at radius 2 is 2.21 bits per heavy atom. The van der Waals surface area contributed by atoms with Crippen LogP contribution in [0.1, 0.15) is 24.2 Å². The lowest BCUT2D eigenvalue weighted by molar-refractivity contribution is 0.112. The second kappa shape index (κ2) is 5.42. The number of halogens is 1. The van der Waals surface area contributed by atoms with E-state index in [2.05, 4.69) is 13.8 Å². The third-order valence-corrected chi connectivity index (χ3v) is 3.43. The highest BCUT2D eigenvalue weighted by atomic mass is 35.5. The fraction of sp³-hybridized carbons (Fsp3) is 0.364. The minimum Gasteiger partial charge on any atom is -0.298 e. The van der Waals surface area contributed by atoms with E-state index in [1.807, 2.05) is 12.1 Å². The van der Waals surface area contributed by atoms with E-state index in [1.165, 1.54) is 0 Å². The van der Waals surface area contributed by atoms with Crippen molar-refractivity contribution in [2.75, 3.05) is 5.75 Å². The molecule has 0 unspecified atom stereocenters. The van der Waals surface area contributed by atoms with Crippen molar-refractivity contribution in [2.45, 2.75) is 18.7 Å². The second-order valence-corrected chi connectivity index (χ2v) is 5.01. The Morgan fingerprint density at radius 1 is 1.50 bits per heavy atom. The van der Waals surface area contributed by atoms with Crippen LogP contribution in [0.2, 0.25) is 5.02 Å². The van der Waals surface area contributed by atoms with Crippen molar-refractivity contribution in [3.05, 3.63) is 28.8 Å². The van der Waals surface area contributed by atoms with Crippen molar-refractivity contribution in [1.82, 2.24) is 0 Å². The van der Waals surface area contributed by atoms with Gasteiger partial charge in [-0.15, -0.1) is 11.8 Å². The summed E-state index contributed by atoms with van der Waals surface area (Å²) in [7, 11) is 0. The Labute approximate surface area is 93.8 Å². The van der Waals surface area contributed by atoms with Crippen LogP contribution in [0.5, 0.6) is 0 Å². The number of hydrogen-bond donors (Lipinski definition) is 0. The van der Waals surface area contributed by atoms with Gasteiger partial charge in [0.05, 0.1) is 5.02 Å². The third kappa shape index (κ3) is 3.35. The summed E-state index contributed by atoms with van der Waals surface area (Å²) in [6.45, 7) is 4.35. The van der Waals surface area contributed by atoms with E-state index in [0.29, 0.717) is 16.5 Å². The third-order valence-electron chi connectivity index (χ3n) is 1.68. The Hall–Kier alpha value is -0.470. The molecule has 0 saturated heterocycles.